The van der Waals surface area contributed by atoms with Gasteiger partial charge in [-0.3, -0.25) is 19.8 Å². The Kier molecular flexibility index (Phi) is 5.13. The molecule has 1 fully saturated rings. The summed E-state index contributed by atoms with van der Waals surface area (Å²) in [5, 5.41) is 11.2. The number of H-pyrrole nitrogens is 1. The fourth-order valence-electron chi connectivity index (χ4n) is 3.16. The zero-order valence-corrected chi connectivity index (χ0v) is 15.4. The van der Waals surface area contributed by atoms with E-state index in [1.807, 2.05) is 36.4 Å². The molecule has 2 N–H and O–H groups in total. The van der Waals surface area contributed by atoms with Crippen molar-refractivity contribution in [1.29, 1.82) is 0 Å². The van der Waals surface area contributed by atoms with Gasteiger partial charge in [0.05, 0.1) is 5.92 Å². The number of nitrogens with zero attached hydrogens (tertiary/aromatic N) is 4. The Morgan fingerprint density at radius 2 is 1.93 bits per heavy atom. The number of benzene rings is 1. The summed E-state index contributed by atoms with van der Waals surface area (Å²) in [5.74, 6) is 0.857. The van der Waals surface area contributed by atoms with Gasteiger partial charge in [0.1, 0.15) is 0 Å². The standard InChI is InChI=1S/C19H19ClN6O/c20-16-3-1-13(2-4-16)11-15-12-22-9-10-26(18(15)27)19-23-17(24-25-19)14-5-7-21-8-6-14/h1-8,15,22H,9-12H2,(H,23,24,25)/t15-/m0/s1. The van der Waals surface area contributed by atoms with Crippen LogP contribution in [0.5, 0.6) is 0 Å². The number of halogens is 1. The van der Waals surface area contributed by atoms with Gasteiger partial charge in [-0.15, -0.1) is 5.10 Å². The average Bonchev–Trinajstić information content (AvgIpc) is 3.11. The summed E-state index contributed by atoms with van der Waals surface area (Å²) in [4.78, 5) is 23.3. The van der Waals surface area contributed by atoms with Crippen LogP contribution in [0.25, 0.3) is 11.4 Å². The molecule has 27 heavy (non-hydrogen) atoms. The zero-order chi connectivity index (χ0) is 18.6. The smallest absolute Gasteiger partial charge is 0.251 e. The van der Waals surface area contributed by atoms with Crippen molar-refractivity contribution in [2.45, 2.75) is 6.42 Å². The lowest BCUT2D eigenvalue weighted by Crippen LogP contribution is -2.38. The lowest BCUT2D eigenvalue weighted by Gasteiger charge is -2.20. The number of nitrogens with one attached hydrogen (secondary N) is 2. The first-order valence-corrected chi connectivity index (χ1v) is 9.18. The summed E-state index contributed by atoms with van der Waals surface area (Å²) >= 11 is 5.95. The first kappa shape index (κ1) is 17.6. The first-order valence-electron chi connectivity index (χ1n) is 8.80. The Morgan fingerprint density at radius 1 is 1.15 bits per heavy atom. The van der Waals surface area contributed by atoms with E-state index < -0.39 is 0 Å². The molecule has 1 amide bonds. The van der Waals surface area contributed by atoms with Crippen LogP contribution in [0.4, 0.5) is 5.95 Å². The maximum atomic E-state index is 13.1. The molecule has 1 aliphatic heterocycles. The van der Waals surface area contributed by atoms with E-state index >= 15 is 0 Å². The molecule has 0 radical (unpaired) electrons. The van der Waals surface area contributed by atoms with Crippen molar-refractivity contribution < 1.29 is 4.79 Å². The molecule has 3 heterocycles. The number of carbonyl (C=O) groups is 1. The molecule has 0 aliphatic carbocycles. The lowest BCUT2D eigenvalue weighted by molar-refractivity contribution is -0.121. The van der Waals surface area contributed by atoms with Crippen molar-refractivity contribution in [3.63, 3.8) is 0 Å². The van der Waals surface area contributed by atoms with E-state index in [1.165, 1.54) is 0 Å². The number of pyridine rings is 1. The van der Waals surface area contributed by atoms with Crippen molar-refractivity contribution in [3.05, 3.63) is 59.4 Å². The highest BCUT2D eigenvalue weighted by atomic mass is 35.5. The molecule has 1 saturated heterocycles. The van der Waals surface area contributed by atoms with Crippen LogP contribution in [0.1, 0.15) is 5.56 Å². The number of aromatic amines is 1. The zero-order valence-electron chi connectivity index (χ0n) is 14.6. The minimum atomic E-state index is -0.184. The predicted molar refractivity (Wildman–Crippen MR) is 103 cm³/mol. The SMILES string of the molecule is O=C1[C@@H](Cc2ccc(Cl)cc2)CNCCN1c1n[nH]c(-c2ccncc2)n1. The van der Waals surface area contributed by atoms with Gasteiger partial charge in [0.2, 0.25) is 5.91 Å². The second-order valence-electron chi connectivity index (χ2n) is 6.44. The van der Waals surface area contributed by atoms with Gasteiger partial charge >= 0.3 is 0 Å². The largest absolute Gasteiger partial charge is 0.314 e. The van der Waals surface area contributed by atoms with Gasteiger partial charge in [-0.25, -0.2) is 0 Å². The van der Waals surface area contributed by atoms with Gasteiger partial charge in [-0.1, -0.05) is 23.7 Å². The number of hydrogen-bond donors (Lipinski definition) is 2. The first-order chi connectivity index (χ1) is 13.2. The summed E-state index contributed by atoms with van der Waals surface area (Å²) in [6.07, 6.45) is 4.03. The third kappa shape index (κ3) is 3.99. The van der Waals surface area contributed by atoms with Gasteiger partial charge in [0.15, 0.2) is 5.82 Å². The van der Waals surface area contributed by atoms with Crippen LogP contribution in [-0.2, 0) is 11.2 Å². The third-order valence-corrected chi connectivity index (χ3v) is 4.83. The van der Waals surface area contributed by atoms with Crippen LogP contribution in [0.3, 0.4) is 0 Å². The third-order valence-electron chi connectivity index (χ3n) is 4.58. The molecule has 2 aromatic heterocycles. The number of amides is 1. The lowest BCUT2D eigenvalue weighted by atomic mass is 9.98. The quantitative estimate of drug-likeness (QED) is 0.723. The van der Waals surface area contributed by atoms with Crippen molar-refractivity contribution in [3.8, 4) is 11.4 Å². The molecular weight excluding hydrogens is 364 g/mol. The Labute approximate surface area is 161 Å². The average molecular weight is 383 g/mol. The number of rotatable bonds is 4. The predicted octanol–water partition coefficient (Wildman–Crippen LogP) is 2.32. The van der Waals surface area contributed by atoms with Crippen molar-refractivity contribution in [2.24, 2.45) is 5.92 Å². The van der Waals surface area contributed by atoms with Crippen molar-refractivity contribution in [2.75, 3.05) is 24.5 Å². The van der Waals surface area contributed by atoms with E-state index in [4.69, 9.17) is 11.6 Å². The van der Waals surface area contributed by atoms with Crippen molar-refractivity contribution >= 4 is 23.5 Å². The van der Waals surface area contributed by atoms with Gasteiger partial charge in [0, 0.05) is 42.6 Å². The molecule has 0 bridgehead atoms. The Bertz CT molecular complexity index is 911. The van der Waals surface area contributed by atoms with Gasteiger partial charge in [-0.2, -0.15) is 4.98 Å². The minimum absolute atomic E-state index is 0.0234. The monoisotopic (exact) mass is 382 g/mol. The molecule has 4 rings (SSSR count). The minimum Gasteiger partial charge on any atom is -0.314 e. The summed E-state index contributed by atoms with van der Waals surface area (Å²) < 4.78 is 0. The van der Waals surface area contributed by atoms with E-state index in [-0.39, 0.29) is 11.8 Å². The molecule has 0 unspecified atom stereocenters. The van der Waals surface area contributed by atoms with E-state index in [0.717, 1.165) is 11.1 Å². The van der Waals surface area contributed by atoms with E-state index in [2.05, 4.69) is 25.5 Å². The second-order valence-corrected chi connectivity index (χ2v) is 6.88. The maximum absolute atomic E-state index is 13.1. The molecule has 1 aliphatic rings. The molecule has 3 aromatic rings. The van der Waals surface area contributed by atoms with Gasteiger partial charge < -0.3 is 5.32 Å². The van der Waals surface area contributed by atoms with E-state index in [0.29, 0.717) is 42.9 Å². The molecule has 1 aromatic carbocycles. The topological polar surface area (TPSA) is 86.8 Å². The summed E-state index contributed by atoms with van der Waals surface area (Å²) in [5.41, 5.74) is 1.95. The second kappa shape index (κ2) is 7.85. The van der Waals surface area contributed by atoms with Crippen LogP contribution >= 0.6 is 11.6 Å². The van der Waals surface area contributed by atoms with Gasteiger partial charge in [0.25, 0.3) is 5.95 Å². The molecular formula is C19H19ClN6O. The molecule has 1 atom stereocenters. The van der Waals surface area contributed by atoms with Crippen LogP contribution in [0.15, 0.2) is 48.8 Å². The fourth-order valence-corrected chi connectivity index (χ4v) is 3.29. The number of hydrogen-bond acceptors (Lipinski definition) is 5. The highest BCUT2D eigenvalue weighted by molar-refractivity contribution is 6.30. The normalized spacial score (nSPS) is 17.7. The Balaban J connectivity index is 1.54. The summed E-state index contributed by atoms with van der Waals surface area (Å²) in [7, 11) is 0. The molecule has 0 spiro atoms. The number of carbonyl (C=O) groups excluding carboxylic acids is 1. The molecule has 8 heteroatoms. The van der Waals surface area contributed by atoms with Crippen LogP contribution < -0.4 is 10.2 Å². The summed E-state index contributed by atoms with van der Waals surface area (Å²) in [6, 6.07) is 11.3. The van der Waals surface area contributed by atoms with Crippen LogP contribution in [0, 0.1) is 5.92 Å². The highest BCUT2D eigenvalue weighted by Crippen LogP contribution is 2.21. The van der Waals surface area contributed by atoms with E-state index in [1.54, 1.807) is 17.3 Å². The van der Waals surface area contributed by atoms with Crippen LogP contribution in [-0.4, -0.2) is 45.7 Å². The van der Waals surface area contributed by atoms with E-state index in [9.17, 15) is 4.79 Å². The Morgan fingerprint density at radius 3 is 2.70 bits per heavy atom. The number of anilines is 1. The Hall–Kier alpha value is -2.77. The van der Waals surface area contributed by atoms with Gasteiger partial charge in [-0.05, 0) is 36.2 Å². The molecule has 0 saturated carbocycles. The molecule has 138 valence electrons. The molecule has 7 nitrogen and oxygen atoms in total. The van der Waals surface area contributed by atoms with Crippen LogP contribution in [0.2, 0.25) is 5.02 Å². The van der Waals surface area contributed by atoms with Crippen molar-refractivity contribution in [1.82, 2.24) is 25.5 Å². The maximum Gasteiger partial charge on any atom is 0.251 e. The fraction of sp³-hybridized carbons (Fsp3) is 0.263. The summed E-state index contributed by atoms with van der Waals surface area (Å²) in [6.45, 7) is 1.85. The number of aromatic nitrogens is 4. The highest BCUT2D eigenvalue weighted by Gasteiger charge is 2.30.